The Labute approximate surface area is 204 Å². The van der Waals surface area contributed by atoms with Crippen LogP contribution in [0, 0.1) is 0 Å². The minimum atomic E-state index is 0.416. The number of nitrogens with one attached hydrogen (secondary N) is 2. The Morgan fingerprint density at radius 2 is 1.24 bits per heavy atom. The number of anilines is 4. The molecule has 0 amide bonds. The normalized spacial score (nSPS) is 10.8. The fourth-order valence-electron chi connectivity index (χ4n) is 3.09. The van der Waals surface area contributed by atoms with Gasteiger partial charge in [0.25, 0.3) is 0 Å². The van der Waals surface area contributed by atoms with Crippen LogP contribution >= 0.6 is 23.1 Å². The topological polar surface area (TPSA) is 94.1 Å². The van der Waals surface area contributed by atoms with E-state index in [2.05, 4.69) is 36.6 Å². The number of rotatable bonds is 8. The first kappa shape index (κ1) is 21.9. The molecule has 5 rings (SSSR count). The van der Waals surface area contributed by atoms with E-state index in [-0.39, 0.29) is 0 Å². The van der Waals surface area contributed by atoms with Crippen LogP contribution in [0.1, 0.15) is 0 Å². The molecular weight excluding hydrogens is 468 g/mol. The molecule has 2 heterocycles. The molecule has 0 atom stereocenters. The number of hydrogen-bond acceptors (Lipinski definition) is 10. The highest BCUT2D eigenvalue weighted by Gasteiger charge is 2.12. The lowest BCUT2D eigenvalue weighted by atomic mass is 10.3. The average Bonchev–Trinajstić information content (AvgIpc) is 3.27. The number of para-hydroxylation sites is 1. The van der Waals surface area contributed by atoms with Crippen LogP contribution in [0.3, 0.4) is 0 Å². The van der Waals surface area contributed by atoms with Gasteiger partial charge in [0.05, 0.1) is 24.4 Å². The van der Waals surface area contributed by atoms with E-state index in [1.54, 1.807) is 25.6 Å². The number of ether oxygens (including phenoxy) is 2. The van der Waals surface area contributed by atoms with Crippen LogP contribution in [0.15, 0.2) is 82.3 Å². The van der Waals surface area contributed by atoms with Crippen LogP contribution in [0.5, 0.6) is 11.5 Å². The molecule has 0 aliphatic carbocycles. The lowest BCUT2D eigenvalue weighted by Crippen LogP contribution is -2.05. The van der Waals surface area contributed by atoms with Gasteiger partial charge in [0.2, 0.25) is 17.1 Å². The summed E-state index contributed by atoms with van der Waals surface area (Å²) in [5, 5.41) is 7.02. The summed E-state index contributed by atoms with van der Waals surface area (Å²) in [6.45, 7) is 0. The summed E-state index contributed by atoms with van der Waals surface area (Å²) < 4.78 is 12.4. The highest BCUT2D eigenvalue weighted by Crippen LogP contribution is 2.33. The monoisotopic (exact) mass is 488 g/mol. The average molecular weight is 489 g/mol. The molecule has 10 heteroatoms. The predicted molar refractivity (Wildman–Crippen MR) is 136 cm³/mol. The van der Waals surface area contributed by atoms with E-state index in [0.29, 0.717) is 17.1 Å². The molecule has 0 spiro atoms. The largest absolute Gasteiger partial charge is 0.497 e. The maximum absolute atomic E-state index is 5.23. The Hall–Kier alpha value is -3.89. The maximum Gasteiger partial charge on any atom is 0.233 e. The minimum absolute atomic E-state index is 0.416. The van der Waals surface area contributed by atoms with Crippen LogP contribution < -0.4 is 20.1 Å². The third-order valence-corrected chi connectivity index (χ3v) is 6.72. The second-order valence-electron chi connectivity index (χ2n) is 7.02. The Kier molecular flexibility index (Phi) is 6.41. The zero-order valence-electron chi connectivity index (χ0n) is 18.4. The van der Waals surface area contributed by atoms with Gasteiger partial charge in [-0.1, -0.05) is 12.1 Å². The Morgan fingerprint density at radius 1 is 0.676 bits per heavy atom. The van der Waals surface area contributed by atoms with Crippen molar-refractivity contribution in [1.82, 2.24) is 19.9 Å². The molecule has 0 bridgehead atoms. The lowest BCUT2D eigenvalue weighted by molar-refractivity contribution is 0.415. The molecule has 8 nitrogen and oxygen atoms in total. The molecule has 3 aromatic carbocycles. The van der Waals surface area contributed by atoms with Crippen molar-refractivity contribution < 1.29 is 9.47 Å². The number of aromatic nitrogens is 4. The lowest BCUT2D eigenvalue weighted by Gasteiger charge is -2.10. The summed E-state index contributed by atoms with van der Waals surface area (Å²) in [7, 11) is 3.27. The van der Waals surface area contributed by atoms with Gasteiger partial charge in [0.15, 0.2) is 4.34 Å². The Morgan fingerprint density at radius 3 is 1.76 bits per heavy atom. The molecule has 170 valence electrons. The molecule has 0 unspecified atom stereocenters. The molecule has 34 heavy (non-hydrogen) atoms. The maximum atomic E-state index is 5.23. The van der Waals surface area contributed by atoms with Crippen LogP contribution in [-0.2, 0) is 0 Å². The van der Waals surface area contributed by atoms with Crippen molar-refractivity contribution in [2.45, 2.75) is 9.50 Å². The van der Waals surface area contributed by atoms with E-state index in [4.69, 9.17) is 9.47 Å². The number of hydrogen-bond donors (Lipinski definition) is 2. The summed E-state index contributed by atoms with van der Waals surface area (Å²) in [5.41, 5.74) is 2.62. The van der Waals surface area contributed by atoms with Crippen LogP contribution in [-0.4, -0.2) is 34.2 Å². The number of benzene rings is 3. The van der Waals surface area contributed by atoms with E-state index >= 15 is 0 Å². The first-order valence-electron chi connectivity index (χ1n) is 10.3. The molecule has 2 aromatic heterocycles. The number of nitrogens with zero attached hydrogens (tertiary/aromatic N) is 4. The van der Waals surface area contributed by atoms with Gasteiger partial charge in [-0.15, -0.1) is 11.3 Å². The van der Waals surface area contributed by atoms with Crippen molar-refractivity contribution in [3.8, 4) is 11.5 Å². The Bertz CT molecular complexity index is 1310. The van der Waals surface area contributed by atoms with Gasteiger partial charge in [0.1, 0.15) is 11.5 Å². The molecule has 5 aromatic rings. The SMILES string of the molecule is COc1ccc(Nc2nc(Nc3ccc(OC)cc3)nc(Sc3nc4ccccc4s3)n2)cc1. The van der Waals surface area contributed by atoms with Crippen molar-refractivity contribution in [2.24, 2.45) is 0 Å². The molecule has 0 saturated heterocycles. The summed E-state index contributed by atoms with van der Waals surface area (Å²) in [6.07, 6.45) is 0. The van der Waals surface area contributed by atoms with E-state index in [9.17, 15) is 0 Å². The third kappa shape index (κ3) is 5.19. The number of fused-ring (bicyclic) bond motifs is 1. The Balaban J connectivity index is 1.45. The minimum Gasteiger partial charge on any atom is -0.497 e. The van der Waals surface area contributed by atoms with Crippen molar-refractivity contribution in [1.29, 1.82) is 0 Å². The molecule has 0 saturated carbocycles. The van der Waals surface area contributed by atoms with Crippen LogP contribution in [0.4, 0.5) is 23.3 Å². The van der Waals surface area contributed by atoms with E-state index in [0.717, 1.165) is 37.4 Å². The van der Waals surface area contributed by atoms with E-state index in [1.807, 2.05) is 66.7 Å². The summed E-state index contributed by atoms with van der Waals surface area (Å²) in [5.74, 6) is 2.38. The molecule has 2 N–H and O–H groups in total. The molecule has 0 radical (unpaired) electrons. The van der Waals surface area contributed by atoms with Gasteiger partial charge < -0.3 is 20.1 Å². The number of methoxy groups -OCH3 is 2. The summed E-state index contributed by atoms with van der Waals surface area (Å²) >= 11 is 3.00. The first-order valence-corrected chi connectivity index (χ1v) is 11.9. The van der Waals surface area contributed by atoms with Crippen molar-refractivity contribution in [3.05, 3.63) is 72.8 Å². The third-order valence-electron chi connectivity index (χ3n) is 4.76. The van der Waals surface area contributed by atoms with Gasteiger partial charge >= 0.3 is 0 Å². The molecule has 0 aliphatic rings. The van der Waals surface area contributed by atoms with Gasteiger partial charge in [-0.25, -0.2) is 4.98 Å². The summed E-state index contributed by atoms with van der Waals surface area (Å²) in [6, 6.07) is 23.1. The fourth-order valence-corrected chi connectivity index (χ4v) is 5.01. The van der Waals surface area contributed by atoms with E-state index < -0.39 is 0 Å². The molecular formula is C24H20N6O2S2. The van der Waals surface area contributed by atoms with Crippen LogP contribution in [0.25, 0.3) is 10.2 Å². The molecule has 0 aliphatic heterocycles. The van der Waals surface area contributed by atoms with E-state index in [1.165, 1.54) is 11.8 Å². The second-order valence-corrected chi connectivity index (χ2v) is 9.27. The standard InChI is InChI=1S/C24H20N6O2S2/c1-31-17-11-7-15(8-12-17)25-21-28-22(26-16-9-13-18(32-2)14-10-16)30-23(29-21)34-24-27-19-5-3-4-6-20(19)33-24/h3-14H,1-2H3,(H2,25,26,28,29,30). The zero-order chi connectivity index (χ0) is 23.3. The fraction of sp³-hybridized carbons (Fsp3) is 0.0833. The summed E-state index contributed by atoms with van der Waals surface area (Å²) in [4.78, 5) is 18.5. The van der Waals surface area contributed by atoms with Gasteiger partial charge in [-0.3, -0.25) is 0 Å². The van der Waals surface area contributed by atoms with Gasteiger partial charge in [0, 0.05) is 11.4 Å². The highest BCUT2D eigenvalue weighted by atomic mass is 32.2. The highest BCUT2D eigenvalue weighted by molar-refractivity contribution is 8.01. The van der Waals surface area contributed by atoms with Crippen molar-refractivity contribution in [3.63, 3.8) is 0 Å². The molecule has 0 fully saturated rings. The van der Waals surface area contributed by atoms with Crippen LogP contribution in [0.2, 0.25) is 0 Å². The quantitative estimate of drug-likeness (QED) is 0.267. The zero-order valence-corrected chi connectivity index (χ0v) is 20.0. The van der Waals surface area contributed by atoms with Crippen molar-refractivity contribution >= 4 is 56.6 Å². The van der Waals surface area contributed by atoms with Gasteiger partial charge in [-0.05, 0) is 72.4 Å². The first-order chi connectivity index (χ1) is 16.7. The van der Waals surface area contributed by atoms with Crippen molar-refractivity contribution in [2.75, 3.05) is 24.9 Å². The smallest absolute Gasteiger partial charge is 0.233 e. The predicted octanol–water partition coefficient (Wildman–Crippen LogP) is 6.14. The number of thiazole rings is 1. The van der Waals surface area contributed by atoms with Gasteiger partial charge in [-0.2, -0.15) is 15.0 Å². The second kappa shape index (κ2) is 9.94.